The molecular weight excluding hydrogens is 785 g/mol. The Hall–Kier alpha value is -5.53. The van der Waals surface area contributed by atoms with Gasteiger partial charge >= 0.3 is 0 Å². The molecule has 10 nitrogen and oxygen atoms in total. The number of hydrogen-bond donors (Lipinski definition) is 3. The fourth-order valence-corrected chi connectivity index (χ4v) is 8.79. The highest BCUT2D eigenvalue weighted by atomic mass is 32.2. The van der Waals surface area contributed by atoms with Crippen molar-refractivity contribution in [1.82, 2.24) is 19.9 Å². The van der Waals surface area contributed by atoms with E-state index in [1.165, 1.54) is 0 Å². The summed E-state index contributed by atoms with van der Waals surface area (Å²) in [6, 6.07) is 44.9. The molecule has 0 radical (unpaired) electrons. The van der Waals surface area contributed by atoms with Crippen LogP contribution >= 0.6 is 0 Å². The van der Waals surface area contributed by atoms with E-state index >= 15 is 0 Å². The number of pyridine rings is 1. The van der Waals surface area contributed by atoms with Crippen LogP contribution < -0.4 is 10.0 Å². The van der Waals surface area contributed by atoms with Crippen LogP contribution in [0.5, 0.6) is 0 Å². The van der Waals surface area contributed by atoms with E-state index in [1.807, 2.05) is 134 Å². The van der Waals surface area contributed by atoms with Gasteiger partial charge in [-0.3, -0.25) is 9.78 Å². The molecule has 1 saturated heterocycles. The van der Waals surface area contributed by atoms with Gasteiger partial charge in [0.2, 0.25) is 15.9 Å². The van der Waals surface area contributed by atoms with Gasteiger partial charge in [-0.1, -0.05) is 128 Å². The van der Waals surface area contributed by atoms with Crippen LogP contribution in [0.25, 0.3) is 11.1 Å². The van der Waals surface area contributed by atoms with Gasteiger partial charge in [0.1, 0.15) is 6.04 Å². The number of sulfonamides is 1. The van der Waals surface area contributed by atoms with Crippen LogP contribution in [-0.2, 0) is 50.3 Å². The molecule has 0 bridgehead atoms. The molecule has 1 aromatic heterocycles. The minimum atomic E-state index is -3.96. The highest BCUT2D eigenvalue weighted by molar-refractivity contribution is 7.89. The number of aliphatic hydroxyl groups is 1. The smallest absolute Gasteiger partial charge is 0.241 e. The van der Waals surface area contributed by atoms with Crippen LogP contribution in [0.3, 0.4) is 0 Å². The molecule has 5 atom stereocenters. The highest BCUT2D eigenvalue weighted by Gasteiger charge is 2.39. The fourth-order valence-electron chi connectivity index (χ4n) is 7.59. The van der Waals surface area contributed by atoms with Gasteiger partial charge < -0.3 is 24.8 Å². The molecule has 1 aliphatic rings. The van der Waals surface area contributed by atoms with Crippen LogP contribution in [0.15, 0.2) is 157 Å². The van der Waals surface area contributed by atoms with E-state index < -0.39 is 28.3 Å². The molecule has 316 valence electrons. The molecule has 1 fully saturated rings. The van der Waals surface area contributed by atoms with Crippen molar-refractivity contribution in [2.45, 2.75) is 69.3 Å². The van der Waals surface area contributed by atoms with E-state index in [0.29, 0.717) is 6.54 Å². The lowest BCUT2D eigenvalue weighted by Gasteiger charge is -2.42. The molecule has 61 heavy (non-hydrogen) atoms. The summed E-state index contributed by atoms with van der Waals surface area (Å²) < 4.78 is 42.9. The number of likely N-dealkylation sites (N-methyl/N-ethyl adjacent to an activating group) is 1. The average Bonchev–Trinajstić information content (AvgIpc) is 3.29. The molecule has 5 aromatic carbocycles. The van der Waals surface area contributed by atoms with Gasteiger partial charge in [-0.25, -0.2) is 8.42 Å². The second kappa shape index (κ2) is 20.4. The Bertz CT molecular complexity index is 2430. The molecule has 1 aliphatic heterocycles. The topological polar surface area (TPSA) is 130 Å². The largest absolute Gasteiger partial charge is 0.392 e. The zero-order valence-corrected chi connectivity index (χ0v) is 35.7. The summed E-state index contributed by atoms with van der Waals surface area (Å²) in [5, 5.41) is 12.6. The summed E-state index contributed by atoms with van der Waals surface area (Å²) in [6.45, 7) is 5.80. The summed E-state index contributed by atoms with van der Waals surface area (Å²) in [7, 11) is -1.85. The number of benzene rings is 5. The number of amides is 1. The maximum absolute atomic E-state index is 13.7. The van der Waals surface area contributed by atoms with Crippen molar-refractivity contribution in [3.8, 4) is 11.1 Å². The predicted molar refractivity (Wildman–Crippen MR) is 238 cm³/mol. The number of rotatable bonds is 17. The summed E-state index contributed by atoms with van der Waals surface area (Å²) in [6.07, 6.45) is 1.91. The van der Waals surface area contributed by atoms with Crippen molar-refractivity contribution in [2.75, 3.05) is 20.1 Å². The van der Waals surface area contributed by atoms with Crippen LogP contribution in [0, 0.1) is 12.8 Å². The van der Waals surface area contributed by atoms with Gasteiger partial charge in [0.25, 0.3) is 0 Å². The predicted octanol–water partition coefficient (Wildman–Crippen LogP) is 7.72. The molecule has 3 N–H and O–H groups in total. The van der Waals surface area contributed by atoms with Gasteiger partial charge in [-0.15, -0.1) is 0 Å². The Balaban J connectivity index is 1.04. The SMILES string of the molecule is Cc1ccc(S(=O)(=O)N[C@H](Cc2ccccc2)C(=O)NCc2cccc(-c3ccc([C@@H]4O[C@H](CN(C)CCc5ccccn5)[C@H](C)[C@H](c5ccc(CO)cc5)O4)cc3)c2)cc1. The van der Waals surface area contributed by atoms with Crippen LogP contribution in [0.2, 0.25) is 0 Å². The molecule has 7 rings (SSSR count). The number of ether oxygens (including phenoxy) is 2. The number of aryl methyl sites for hydroxylation is 1. The molecule has 1 amide bonds. The minimum absolute atomic E-state index is 0.0191. The number of nitrogens with zero attached hydrogens (tertiary/aromatic N) is 2. The van der Waals surface area contributed by atoms with Crippen LogP contribution in [-0.4, -0.2) is 61.6 Å². The number of hydrogen-bond acceptors (Lipinski definition) is 8. The zero-order chi connectivity index (χ0) is 42.8. The van der Waals surface area contributed by atoms with E-state index in [4.69, 9.17) is 9.47 Å². The first-order chi connectivity index (χ1) is 29.5. The van der Waals surface area contributed by atoms with Gasteiger partial charge in [0.15, 0.2) is 6.29 Å². The Kier molecular flexibility index (Phi) is 14.5. The van der Waals surface area contributed by atoms with Crippen molar-refractivity contribution < 1.29 is 27.8 Å². The standard InChI is InChI=1S/C50H54N4O6S/c1-35-15-25-45(26-16-35)61(57,58)53-46(31-37-10-5-4-6-11-37)49(56)52-32-39-12-9-13-43(30-39)40-21-23-42(24-22-40)50-59-47(33-54(3)29-27-44-14-7-8-28-51-44)36(2)48(60-50)41-19-17-38(34-55)18-20-41/h4-26,28,30,36,46-48,50,53,55H,27,29,31-34H2,1-3H3,(H,52,56)/t36-,46+,47+,48+,50+/m0/s1. The van der Waals surface area contributed by atoms with Gasteiger partial charge in [0.05, 0.1) is 23.7 Å². The summed E-state index contributed by atoms with van der Waals surface area (Å²) in [5.74, 6) is -0.366. The number of aromatic nitrogens is 1. The quantitative estimate of drug-likeness (QED) is 0.0852. The Morgan fingerprint density at radius 3 is 2.20 bits per heavy atom. The van der Waals surface area contributed by atoms with Crippen molar-refractivity contribution in [3.05, 3.63) is 191 Å². The maximum Gasteiger partial charge on any atom is 0.241 e. The molecule has 0 spiro atoms. The van der Waals surface area contributed by atoms with E-state index in [9.17, 15) is 18.3 Å². The van der Waals surface area contributed by atoms with Gasteiger partial charge in [-0.2, -0.15) is 4.72 Å². The maximum atomic E-state index is 13.7. The minimum Gasteiger partial charge on any atom is -0.392 e. The third kappa shape index (κ3) is 11.6. The normalized spacial score (nSPS) is 18.4. The Morgan fingerprint density at radius 1 is 0.787 bits per heavy atom. The van der Waals surface area contributed by atoms with Gasteiger partial charge in [-0.05, 0) is 84.1 Å². The molecule has 0 unspecified atom stereocenters. The molecule has 0 aliphatic carbocycles. The molecule has 6 aromatic rings. The first-order valence-corrected chi connectivity index (χ1v) is 22.2. The van der Waals surface area contributed by atoms with E-state index in [1.54, 1.807) is 24.3 Å². The number of carbonyl (C=O) groups is 1. The molecule has 0 saturated carbocycles. The number of nitrogens with one attached hydrogen (secondary N) is 2. The number of aliphatic hydroxyl groups excluding tert-OH is 1. The Morgan fingerprint density at radius 2 is 1.49 bits per heavy atom. The van der Waals surface area contributed by atoms with E-state index in [2.05, 4.69) is 33.9 Å². The molecular formula is C50H54N4O6S. The lowest BCUT2D eigenvalue weighted by atomic mass is 9.90. The first-order valence-electron chi connectivity index (χ1n) is 20.7. The monoisotopic (exact) mass is 838 g/mol. The highest BCUT2D eigenvalue weighted by Crippen LogP contribution is 2.42. The lowest BCUT2D eigenvalue weighted by Crippen LogP contribution is -2.47. The van der Waals surface area contributed by atoms with Crippen molar-refractivity contribution >= 4 is 15.9 Å². The second-order valence-electron chi connectivity index (χ2n) is 15.9. The Labute approximate surface area is 359 Å². The third-order valence-corrected chi connectivity index (χ3v) is 12.7. The van der Waals surface area contributed by atoms with E-state index in [-0.39, 0.29) is 42.6 Å². The average molecular weight is 839 g/mol. The zero-order valence-electron chi connectivity index (χ0n) is 34.9. The number of carbonyl (C=O) groups excluding carboxylic acids is 1. The third-order valence-electron chi connectivity index (χ3n) is 11.2. The summed E-state index contributed by atoms with van der Waals surface area (Å²) >= 11 is 0. The lowest BCUT2D eigenvalue weighted by molar-refractivity contribution is -0.275. The van der Waals surface area contributed by atoms with Crippen molar-refractivity contribution in [2.24, 2.45) is 5.92 Å². The van der Waals surface area contributed by atoms with Gasteiger partial charge in [0, 0.05) is 49.4 Å². The van der Waals surface area contributed by atoms with Crippen LogP contribution in [0.4, 0.5) is 0 Å². The molecule has 2 heterocycles. The van der Waals surface area contributed by atoms with Crippen molar-refractivity contribution in [3.63, 3.8) is 0 Å². The fraction of sp³-hybridized carbons (Fsp3) is 0.280. The molecule has 11 heteroatoms. The van der Waals surface area contributed by atoms with Crippen LogP contribution in [0.1, 0.15) is 58.4 Å². The van der Waals surface area contributed by atoms with Crippen molar-refractivity contribution in [1.29, 1.82) is 0 Å². The van der Waals surface area contributed by atoms with E-state index in [0.717, 1.165) is 63.2 Å². The summed E-state index contributed by atoms with van der Waals surface area (Å²) in [5.41, 5.74) is 8.43. The first kappa shape index (κ1) is 43.6. The summed E-state index contributed by atoms with van der Waals surface area (Å²) in [4.78, 5) is 20.6. The second-order valence-corrected chi connectivity index (χ2v) is 17.6.